The van der Waals surface area contributed by atoms with Crippen LogP contribution in [0.3, 0.4) is 0 Å². The van der Waals surface area contributed by atoms with Crippen molar-refractivity contribution < 1.29 is 9.47 Å². The lowest BCUT2D eigenvalue weighted by Gasteiger charge is -2.30. The van der Waals surface area contributed by atoms with Crippen molar-refractivity contribution in [2.24, 2.45) is 0 Å². The largest absolute Gasteiger partial charge is 0.491 e. The maximum Gasteiger partial charge on any atom is 0.120 e. The van der Waals surface area contributed by atoms with Crippen LogP contribution in [0.1, 0.15) is 59.1 Å². The molecule has 1 unspecified atom stereocenters. The summed E-state index contributed by atoms with van der Waals surface area (Å²) < 4.78 is 11.8. The van der Waals surface area contributed by atoms with E-state index in [4.69, 9.17) is 17.3 Å². The van der Waals surface area contributed by atoms with E-state index in [0.29, 0.717) is 6.32 Å². The smallest absolute Gasteiger partial charge is 0.120 e. The summed E-state index contributed by atoms with van der Waals surface area (Å²) in [6.07, 6.45) is 1.56. The number of ether oxygens (including phenoxy) is 2. The Bertz CT molecular complexity index is 683. The van der Waals surface area contributed by atoms with E-state index in [1.807, 2.05) is 45.0 Å². The summed E-state index contributed by atoms with van der Waals surface area (Å²) in [5.74, 6) is 1.77. The Hall–Kier alpha value is -1.90. The molecule has 0 saturated heterocycles. The SMILES string of the molecule is [B]CC(C)(CC)Oc1ccc(C(C)(C)c2ccc(OC(C)C)cc2)cc1. The second-order valence-electron chi connectivity index (χ2n) is 7.95. The fraction of sp³-hybridized carbons (Fsp3) is 0.478. The summed E-state index contributed by atoms with van der Waals surface area (Å²) in [5, 5.41) is 0. The molecule has 0 saturated carbocycles. The van der Waals surface area contributed by atoms with E-state index in [1.54, 1.807) is 0 Å². The highest BCUT2D eigenvalue weighted by atomic mass is 16.5. The molecule has 0 aliphatic carbocycles. The molecule has 0 bridgehead atoms. The summed E-state index contributed by atoms with van der Waals surface area (Å²) in [6, 6.07) is 16.7. The highest BCUT2D eigenvalue weighted by Crippen LogP contribution is 2.34. The first-order chi connectivity index (χ1) is 12.2. The van der Waals surface area contributed by atoms with Gasteiger partial charge in [0.15, 0.2) is 0 Å². The first-order valence-corrected chi connectivity index (χ1v) is 9.47. The minimum absolute atomic E-state index is 0.100. The van der Waals surface area contributed by atoms with E-state index in [0.717, 1.165) is 17.9 Å². The number of hydrogen-bond acceptors (Lipinski definition) is 2. The molecule has 2 nitrogen and oxygen atoms in total. The van der Waals surface area contributed by atoms with Gasteiger partial charge in [0.2, 0.25) is 0 Å². The highest BCUT2D eigenvalue weighted by Gasteiger charge is 2.24. The van der Waals surface area contributed by atoms with Crippen molar-refractivity contribution in [3.8, 4) is 11.5 Å². The van der Waals surface area contributed by atoms with Gasteiger partial charge in [-0.2, -0.15) is 0 Å². The second kappa shape index (κ2) is 8.20. The first kappa shape index (κ1) is 20.4. The average Bonchev–Trinajstić information content (AvgIpc) is 2.62. The van der Waals surface area contributed by atoms with Gasteiger partial charge in [0, 0.05) is 5.41 Å². The molecule has 0 amide bonds. The highest BCUT2D eigenvalue weighted by molar-refractivity contribution is 6.09. The van der Waals surface area contributed by atoms with Crippen LogP contribution in [0.4, 0.5) is 0 Å². The van der Waals surface area contributed by atoms with Crippen molar-refractivity contribution in [2.45, 2.75) is 71.4 Å². The van der Waals surface area contributed by atoms with Gasteiger partial charge in [-0.05, 0) is 68.9 Å². The molecule has 0 aliphatic heterocycles. The van der Waals surface area contributed by atoms with Crippen LogP contribution in [0, 0.1) is 0 Å². The molecular formula is C23H31BO2. The molecule has 3 heteroatoms. The predicted octanol–water partition coefficient (Wildman–Crippen LogP) is 5.93. The minimum Gasteiger partial charge on any atom is -0.491 e. The maximum absolute atomic E-state index is 6.08. The predicted molar refractivity (Wildman–Crippen MR) is 111 cm³/mol. The Morgan fingerprint density at radius 1 is 0.846 bits per heavy atom. The average molecular weight is 350 g/mol. The molecule has 2 aromatic carbocycles. The lowest BCUT2D eigenvalue weighted by atomic mass is 9.78. The van der Waals surface area contributed by atoms with Crippen LogP contribution in [0.2, 0.25) is 6.32 Å². The van der Waals surface area contributed by atoms with Crippen molar-refractivity contribution >= 4 is 7.85 Å². The molecule has 0 spiro atoms. The van der Waals surface area contributed by atoms with E-state index in [2.05, 4.69) is 45.0 Å². The first-order valence-electron chi connectivity index (χ1n) is 9.47. The number of benzene rings is 2. The third-order valence-electron chi connectivity index (χ3n) is 5.07. The Morgan fingerprint density at radius 3 is 1.69 bits per heavy atom. The van der Waals surface area contributed by atoms with Crippen molar-refractivity contribution in [1.29, 1.82) is 0 Å². The second-order valence-corrected chi connectivity index (χ2v) is 7.95. The van der Waals surface area contributed by atoms with Gasteiger partial charge in [-0.15, -0.1) is 0 Å². The molecule has 0 aliphatic rings. The summed E-state index contributed by atoms with van der Waals surface area (Å²) >= 11 is 0. The minimum atomic E-state index is -0.316. The monoisotopic (exact) mass is 350 g/mol. The Balaban J connectivity index is 2.18. The lowest BCUT2D eigenvalue weighted by Crippen LogP contribution is -2.30. The van der Waals surface area contributed by atoms with E-state index < -0.39 is 0 Å². The van der Waals surface area contributed by atoms with Crippen LogP contribution in [0.5, 0.6) is 11.5 Å². The van der Waals surface area contributed by atoms with Crippen molar-refractivity contribution in [3.63, 3.8) is 0 Å². The maximum atomic E-state index is 6.08. The van der Waals surface area contributed by atoms with Crippen LogP contribution in [-0.2, 0) is 5.41 Å². The number of hydrogen-bond donors (Lipinski definition) is 0. The normalized spacial score (nSPS) is 14.1. The summed E-state index contributed by atoms with van der Waals surface area (Å²) in [6.45, 7) is 12.7. The van der Waals surface area contributed by atoms with Gasteiger partial charge in [-0.25, -0.2) is 0 Å². The van der Waals surface area contributed by atoms with Gasteiger partial charge in [-0.3, -0.25) is 0 Å². The lowest BCUT2D eigenvalue weighted by molar-refractivity contribution is 0.106. The van der Waals surface area contributed by atoms with Crippen molar-refractivity contribution in [1.82, 2.24) is 0 Å². The summed E-state index contributed by atoms with van der Waals surface area (Å²) in [4.78, 5) is 0. The van der Waals surface area contributed by atoms with Crippen LogP contribution in [0.25, 0.3) is 0 Å². The van der Waals surface area contributed by atoms with Gasteiger partial charge in [0.05, 0.1) is 19.6 Å². The van der Waals surface area contributed by atoms with Crippen LogP contribution in [-0.4, -0.2) is 19.6 Å². The van der Waals surface area contributed by atoms with E-state index in [1.165, 1.54) is 11.1 Å². The molecular weight excluding hydrogens is 319 g/mol. The van der Waals surface area contributed by atoms with Gasteiger partial charge < -0.3 is 9.47 Å². The molecule has 2 rings (SSSR count). The van der Waals surface area contributed by atoms with Crippen LogP contribution in [0.15, 0.2) is 48.5 Å². The fourth-order valence-electron chi connectivity index (χ4n) is 2.87. The molecule has 2 aromatic rings. The van der Waals surface area contributed by atoms with Crippen molar-refractivity contribution in [2.75, 3.05) is 0 Å². The third-order valence-corrected chi connectivity index (χ3v) is 5.07. The topological polar surface area (TPSA) is 18.5 Å². The van der Waals surface area contributed by atoms with E-state index in [-0.39, 0.29) is 17.1 Å². The zero-order valence-corrected chi connectivity index (χ0v) is 17.0. The molecule has 0 aromatic heterocycles. The number of rotatable bonds is 8. The molecule has 138 valence electrons. The standard InChI is InChI=1S/C23H31BO2/c1-7-23(6,16-24)26-21-14-10-19(11-15-21)22(4,5)18-8-12-20(13-9-18)25-17(2)3/h8-15,17H,7,16H2,1-6H3. The van der Waals surface area contributed by atoms with Crippen LogP contribution < -0.4 is 9.47 Å². The van der Waals surface area contributed by atoms with Gasteiger partial charge in [-0.1, -0.05) is 45.0 Å². The van der Waals surface area contributed by atoms with Gasteiger partial charge in [0.1, 0.15) is 11.5 Å². The van der Waals surface area contributed by atoms with E-state index in [9.17, 15) is 0 Å². The fourth-order valence-corrected chi connectivity index (χ4v) is 2.87. The van der Waals surface area contributed by atoms with Gasteiger partial charge >= 0.3 is 0 Å². The van der Waals surface area contributed by atoms with Crippen molar-refractivity contribution in [3.05, 3.63) is 59.7 Å². The Morgan fingerprint density at radius 2 is 1.31 bits per heavy atom. The molecule has 1 atom stereocenters. The summed E-state index contributed by atoms with van der Waals surface area (Å²) in [7, 11) is 5.85. The third kappa shape index (κ3) is 4.84. The zero-order chi connectivity index (χ0) is 19.4. The van der Waals surface area contributed by atoms with Crippen LogP contribution >= 0.6 is 0 Å². The zero-order valence-electron chi connectivity index (χ0n) is 17.0. The van der Waals surface area contributed by atoms with Gasteiger partial charge in [0.25, 0.3) is 0 Å². The Labute approximate surface area is 160 Å². The molecule has 0 N–H and O–H groups in total. The van der Waals surface area contributed by atoms with E-state index >= 15 is 0 Å². The summed E-state index contributed by atoms with van der Waals surface area (Å²) in [5.41, 5.74) is 2.08. The molecule has 0 fully saturated rings. The molecule has 2 radical (unpaired) electrons. The molecule has 26 heavy (non-hydrogen) atoms. The Kier molecular flexibility index (Phi) is 6.44. The quantitative estimate of drug-likeness (QED) is 0.549. The molecule has 0 heterocycles.